The number of halogens is 1. The zero-order valence-electron chi connectivity index (χ0n) is 14.1. The molecule has 1 N–H and O–H groups in total. The molecule has 3 rings (SSSR count). The number of piperidine rings is 1. The first-order valence-electron chi connectivity index (χ1n) is 8.46. The minimum atomic E-state index is -0.763. The molecule has 1 aromatic heterocycles. The van der Waals surface area contributed by atoms with E-state index < -0.39 is 11.6 Å². The third kappa shape index (κ3) is 3.85. The fraction of sp³-hybridized carbons (Fsp3) is 0.389. The van der Waals surface area contributed by atoms with E-state index >= 15 is 0 Å². The van der Waals surface area contributed by atoms with Gasteiger partial charge in [-0.15, -0.1) is 0 Å². The van der Waals surface area contributed by atoms with Gasteiger partial charge in [-0.2, -0.15) is 5.10 Å². The van der Waals surface area contributed by atoms with E-state index in [-0.39, 0.29) is 10.9 Å². The van der Waals surface area contributed by atoms with Crippen LogP contribution in [0, 0.1) is 0 Å². The van der Waals surface area contributed by atoms with Gasteiger partial charge < -0.3 is 10.2 Å². The van der Waals surface area contributed by atoms with E-state index in [4.69, 9.17) is 11.6 Å². The highest BCUT2D eigenvalue weighted by molar-refractivity contribution is 6.33. The van der Waals surface area contributed by atoms with Crippen LogP contribution < -0.4 is 15.8 Å². The Labute approximate surface area is 151 Å². The summed E-state index contributed by atoms with van der Waals surface area (Å²) in [6.07, 6.45) is 4.93. The Kier molecular flexibility index (Phi) is 5.38. The van der Waals surface area contributed by atoms with Crippen LogP contribution in [-0.2, 0) is 4.79 Å². The maximum Gasteiger partial charge on any atom is 0.288 e. The first kappa shape index (κ1) is 17.5. The van der Waals surface area contributed by atoms with Crippen molar-refractivity contribution in [3.05, 3.63) is 51.9 Å². The molecule has 2 heterocycles. The van der Waals surface area contributed by atoms with Gasteiger partial charge in [0.05, 0.1) is 11.9 Å². The Morgan fingerprint density at radius 3 is 2.56 bits per heavy atom. The molecule has 0 bridgehead atoms. The lowest BCUT2D eigenvalue weighted by Gasteiger charge is -2.29. The lowest BCUT2D eigenvalue weighted by molar-refractivity contribution is -0.119. The second kappa shape index (κ2) is 7.70. The van der Waals surface area contributed by atoms with E-state index in [2.05, 4.69) is 15.3 Å². The zero-order valence-corrected chi connectivity index (χ0v) is 14.9. The third-order valence-electron chi connectivity index (χ3n) is 4.41. The smallest absolute Gasteiger partial charge is 0.288 e. The molecule has 6 nitrogen and oxygen atoms in total. The molecule has 1 aliphatic rings. The number of nitrogens with zero attached hydrogens (tertiary/aromatic N) is 3. The molecule has 1 amide bonds. The second-order valence-corrected chi connectivity index (χ2v) is 6.55. The largest absolute Gasteiger partial charge is 0.369 e. The second-order valence-electron chi connectivity index (χ2n) is 6.17. The number of hydrogen-bond donors (Lipinski definition) is 1. The van der Waals surface area contributed by atoms with E-state index in [0.29, 0.717) is 11.4 Å². The molecular weight excluding hydrogens is 340 g/mol. The van der Waals surface area contributed by atoms with Gasteiger partial charge in [0.2, 0.25) is 5.91 Å². The number of benzene rings is 1. The van der Waals surface area contributed by atoms with Crippen LogP contribution in [0.5, 0.6) is 0 Å². The lowest BCUT2D eigenvalue weighted by atomic mass is 10.1. The predicted molar refractivity (Wildman–Crippen MR) is 99.4 cm³/mol. The first-order valence-corrected chi connectivity index (χ1v) is 8.84. The number of nitrogens with one attached hydrogen (secondary N) is 1. The minimum Gasteiger partial charge on any atom is -0.369 e. The molecule has 0 saturated carbocycles. The van der Waals surface area contributed by atoms with Crippen LogP contribution in [0.15, 0.2) is 41.3 Å². The molecule has 2 aromatic rings. The zero-order chi connectivity index (χ0) is 17.8. The molecule has 0 aliphatic carbocycles. The highest BCUT2D eigenvalue weighted by Gasteiger charge is 2.22. The first-order chi connectivity index (χ1) is 12.1. The summed E-state index contributed by atoms with van der Waals surface area (Å²) in [7, 11) is 0. The van der Waals surface area contributed by atoms with Crippen molar-refractivity contribution in [1.29, 1.82) is 0 Å². The van der Waals surface area contributed by atoms with E-state index in [0.717, 1.165) is 30.6 Å². The fourth-order valence-electron chi connectivity index (χ4n) is 2.95. The van der Waals surface area contributed by atoms with Crippen molar-refractivity contribution in [1.82, 2.24) is 9.78 Å². The molecule has 1 aliphatic heterocycles. The van der Waals surface area contributed by atoms with Crippen molar-refractivity contribution >= 4 is 28.9 Å². The molecule has 0 spiro atoms. The third-order valence-corrected chi connectivity index (χ3v) is 4.76. The van der Waals surface area contributed by atoms with Gasteiger partial charge in [-0.1, -0.05) is 29.8 Å². The summed E-state index contributed by atoms with van der Waals surface area (Å²) in [5.74, 6) is -0.317. The Balaban J connectivity index is 1.81. The number of rotatable bonds is 4. The van der Waals surface area contributed by atoms with Gasteiger partial charge in [-0.25, -0.2) is 4.68 Å². The molecule has 7 heteroatoms. The highest BCUT2D eigenvalue weighted by atomic mass is 35.5. The average Bonchev–Trinajstić information content (AvgIpc) is 2.65. The standard InChI is InChI=1S/C18H21ClN4O2/c1-13(17(24)21-14-8-4-2-5-9-14)23-18(25)16(19)15(12-20-23)22-10-6-3-7-11-22/h2,4-5,8-9,12-13H,3,6-7,10-11H2,1H3,(H,21,24)/t13-/m1/s1. The molecule has 1 fully saturated rings. The number of para-hydroxylation sites is 1. The number of anilines is 2. The van der Waals surface area contributed by atoms with Gasteiger partial charge >= 0.3 is 0 Å². The number of hydrogen-bond acceptors (Lipinski definition) is 4. The molecule has 1 saturated heterocycles. The Morgan fingerprint density at radius 2 is 1.88 bits per heavy atom. The molecule has 25 heavy (non-hydrogen) atoms. The summed E-state index contributed by atoms with van der Waals surface area (Å²) in [6.45, 7) is 3.37. The molecule has 0 unspecified atom stereocenters. The van der Waals surface area contributed by atoms with E-state index in [1.807, 2.05) is 18.2 Å². The topological polar surface area (TPSA) is 67.2 Å². The molecule has 0 radical (unpaired) electrons. The highest BCUT2D eigenvalue weighted by Crippen LogP contribution is 2.25. The predicted octanol–water partition coefficient (Wildman–Crippen LogP) is 3.09. The molecule has 1 atom stereocenters. The summed E-state index contributed by atoms with van der Waals surface area (Å²) < 4.78 is 1.13. The van der Waals surface area contributed by atoms with Gasteiger partial charge in [-0.3, -0.25) is 9.59 Å². The van der Waals surface area contributed by atoms with Crippen molar-refractivity contribution in [2.45, 2.75) is 32.2 Å². The van der Waals surface area contributed by atoms with Crippen LogP contribution in [-0.4, -0.2) is 28.8 Å². The van der Waals surface area contributed by atoms with Gasteiger partial charge in [0.1, 0.15) is 11.1 Å². The summed E-state index contributed by atoms with van der Waals surface area (Å²) in [4.78, 5) is 27.1. The summed E-state index contributed by atoms with van der Waals surface area (Å²) >= 11 is 6.29. The van der Waals surface area contributed by atoms with Crippen molar-refractivity contribution < 1.29 is 4.79 Å². The number of aromatic nitrogens is 2. The minimum absolute atomic E-state index is 0.122. The van der Waals surface area contributed by atoms with Crippen LogP contribution in [0.2, 0.25) is 5.02 Å². The normalized spacial score (nSPS) is 15.7. The van der Waals surface area contributed by atoms with E-state index in [1.54, 1.807) is 25.3 Å². The van der Waals surface area contributed by atoms with Crippen LogP contribution in [0.1, 0.15) is 32.2 Å². The van der Waals surface area contributed by atoms with Crippen molar-refractivity contribution in [2.24, 2.45) is 0 Å². The molecular formula is C18H21ClN4O2. The Morgan fingerprint density at radius 1 is 1.20 bits per heavy atom. The number of carbonyl (C=O) groups excluding carboxylic acids is 1. The quantitative estimate of drug-likeness (QED) is 0.909. The van der Waals surface area contributed by atoms with Crippen molar-refractivity contribution in [2.75, 3.05) is 23.3 Å². The summed E-state index contributed by atoms with van der Waals surface area (Å²) in [6, 6.07) is 8.33. The Hall–Kier alpha value is -2.34. The number of carbonyl (C=O) groups is 1. The average molecular weight is 361 g/mol. The van der Waals surface area contributed by atoms with E-state index in [1.165, 1.54) is 6.42 Å². The van der Waals surface area contributed by atoms with Gasteiger partial charge in [0, 0.05) is 18.8 Å². The maximum atomic E-state index is 12.6. The monoisotopic (exact) mass is 360 g/mol. The number of amides is 1. The fourth-order valence-corrected chi connectivity index (χ4v) is 3.20. The van der Waals surface area contributed by atoms with Gasteiger partial charge in [0.25, 0.3) is 5.56 Å². The van der Waals surface area contributed by atoms with Crippen molar-refractivity contribution in [3.63, 3.8) is 0 Å². The molecule has 1 aromatic carbocycles. The maximum absolute atomic E-state index is 12.6. The SMILES string of the molecule is C[C@H](C(=O)Nc1ccccc1)n1ncc(N2CCCCC2)c(Cl)c1=O. The Bertz CT molecular complexity index is 800. The van der Waals surface area contributed by atoms with Gasteiger partial charge in [-0.05, 0) is 38.3 Å². The van der Waals surface area contributed by atoms with Crippen LogP contribution in [0.25, 0.3) is 0 Å². The summed E-state index contributed by atoms with van der Waals surface area (Å²) in [5.41, 5.74) is 0.877. The van der Waals surface area contributed by atoms with E-state index in [9.17, 15) is 9.59 Å². The van der Waals surface area contributed by atoms with Gasteiger partial charge in [0.15, 0.2) is 0 Å². The van der Waals surface area contributed by atoms with Crippen molar-refractivity contribution in [3.8, 4) is 0 Å². The lowest BCUT2D eigenvalue weighted by Crippen LogP contribution is -2.36. The van der Waals surface area contributed by atoms with Crippen LogP contribution in [0.4, 0.5) is 11.4 Å². The summed E-state index contributed by atoms with van der Waals surface area (Å²) in [5, 5.41) is 7.09. The van der Waals surface area contributed by atoms with Crippen LogP contribution >= 0.6 is 11.6 Å². The molecule has 132 valence electrons. The van der Waals surface area contributed by atoms with Crippen LogP contribution in [0.3, 0.4) is 0 Å².